The molecule has 0 aliphatic heterocycles. The Balaban J connectivity index is 2.91. The van der Waals surface area contributed by atoms with Crippen LogP contribution in [0.3, 0.4) is 0 Å². The lowest BCUT2D eigenvalue weighted by Gasteiger charge is -1.93. The largest absolute Gasteiger partial charge is 0.227 e. The van der Waals surface area contributed by atoms with E-state index in [-0.39, 0.29) is 5.28 Å². The monoisotopic (exact) mass is 188 g/mol. The number of hydrogen-bond donors (Lipinski definition) is 0. The van der Waals surface area contributed by atoms with Crippen molar-refractivity contribution in [3.05, 3.63) is 22.8 Å². The van der Waals surface area contributed by atoms with E-state index in [0.717, 1.165) is 0 Å². The normalized spacial score (nSPS) is 10.7. The number of halogens is 2. The molecule has 0 saturated heterocycles. The van der Waals surface area contributed by atoms with Gasteiger partial charge in [-0.15, -0.1) is 0 Å². The maximum atomic E-state index is 5.67. The number of rotatable bonds is 0. The fourth-order valence-electron chi connectivity index (χ4n) is 0.765. The van der Waals surface area contributed by atoms with Gasteiger partial charge in [0.25, 0.3) is 0 Å². The first-order chi connectivity index (χ1) is 5.27. The van der Waals surface area contributed by atoms with Crippen LogP contribution in [0.4, 0.5) is 0 Å². The SMILES string of the molecule is Clc1cc2ncnn2c(Cl)n1. The van der Waals surface area contributed by atoms with Crippen molar-refractivity contribution >= 4 is 28.8 Å². The van der Waals surface area contributed by atoms with Crippen molar-refractivity contribution < 1.29 is 0 Å². The Morgan fingerprint density at radius 3 is 3.00 bits per heavy atom. The third kappa shape index (κ3) is 1.04. The summed E-state index contributed by atoms with van der Waals surface area (Å²) in [5, 5.41) is 4.34. The first kappa shape index (κ1) is 6.82. The lowest BCUT2D eigenvalue weighted by Crippen LogP contribution is -1.92. The van der Waals surface area contributed by atoms with Crippen LogP contribution in [-0.2, 0) is 0 Å². The van der Waals surface area contributed by atoms with E-state index in [2.05, 4.69) is 15.1 Å². The highest BCUT2D eigenvalue weighted by molar-refractivity contribution is 6.32. The predicted octanol–water partition coefficient (Wildman–Crippen LogP) is 1.43. The molecule has 2 aromatic heterocycles. The van der Waals surface area contributed by atoms with Gasteiger partial charge in [-0.25, -0.2) is 9.97 Å². The van der Waals surface area contributed by atoms with E-state index in [4.69, 9.17) is 23.2 Å². The molecule has 0 amide bonds. The molecule has 2 aromatic rings. The average Bonchev–Trinajstić information content (AvgIpc) is 2.34. The summed E-state index contributed by atoms with van der Waals surface area (Å²) in [5.41, 5.74) is 0.593. The minimum atomic E-state index is 0.213. The lowest BCUT2D eigenvalue weighted by atomic mass is 10.6. The Labute approximate surface area is 71.8 Å². The van der Waals surface area contributed by atoms with Gasteiger partial charge in [0.1, 0.15) is 11.5 Å². The molecule has 0 N–H and O–H groups in total. The molecule has 56 valence electrons. The third-order valence-corrected chi connectivity index (χ3v) is 1.63. The summed E-state index contributed by atoms with van der Waals surface area (Å²) in [7, 11) is 0. The second-order valence-electron chi connectivity index (χ2n) is 1.88. The van der Waals surface area contributed by atoms with Gasteiger partial charge in [0.05, 0.1) is 0 Å². The van der Waals surface area contributed by atoms with E-state index < -0.39 is 0 Å². The van der Waals surface area contributed by atoms with Crippen LogP contribution in [0.2, 0.25) is 10.4 Å². The minimum Gasteiger partial charge on any atom is -0.215 e. The zero-order chi connectivity index (χ0) is 7.84. The van der Waals surface area contributed by atoms with E-state index in [9.17, 15) is 0 Å². The highest BCUT2D eigenvalue weighted by atomic mass is 35.5. The quantitative estimate of drug-likeness (QED) is 0.465. The molecule has 0 aliphatic carbocycles. The lowest BCUT2D eigenvalue weighted by molar-refractivity contribution is 0.923. The van der Waals surface area contributed by atoms with Crippen molar-refractivity contribution in [3.8, 4) is 0 Å². The van der Waals surface area contributed by atoms with E-state index in [0.29, 0.717) is 10.8 Å². The molecular formula is C5H2Cl2N4. The highest BCUT2D eigenvalue weighted by Crippen LogP contribution is 2.12. The fraction of sp³-hybridized carbons (Fsp3) is 0. The number of fused-ring (bicyclic) bond motifs is 1. The fourth-order valence-corrected chi connectivity index (χ4v) is 1.21. The van der Waals surface area contributed by atoms with E-state index >= 15 is 0 Å². The van der Waals surface area contributed by atoms with Crippen molar-refractivity contribution in [2.45, 2.75) is 0 Å². The zero-order valence-corrected chi connectivity index (χ0v) is 6.71. The summed E-state index contributed by atoms with van der Waals surface area (Å²) in [6.07, 6.45) is 1.39. The van der Waals surface area contributed by atoms with Gasteiger partial charge in [0.15, 0.2) is 5.65 Å². The number of nitrogens with zero attached hydrogens (tertiary/aromatic N) is 4. The van der Waals surface area contributed by atoms with Gasteiger partial charge < -0.3 is 0 Å². The summed E-state index contributed by atoms with van der Waals surface area (Å²) in [6.45, 7) is 0. The second-order valence-corrected chi connectivity index (χ2v) is 2.60. The van der Waals surface area contributed by atoms with Crippen LogP contribution in [0.1, 0.15) is 0 Å². The van der Waals surface area contributed by atoms with Crippen molar-refractivity contribution in [2.24, 2.45) is 0 Å². The minimum absolute atomic E-state index is 0.213. The first-order valence-electron chi connectivity index (χ1n) is 2.79. The van der Waals surface area contributed by atoms with Crippen molar-refractivity contribution in [3.63, 3.8) is 0 Å². The second kappa shape index (κ2) is 2.32. The van der Waals surface area contributed by atoms with Crippen molar-refractivity contribution in [1.82, 2.24) is 19.6 Å². The van der Waals surface area contributed by atoms with Gasteiger partial charge in [0.2, 0.25) is 5.28 Å². The van der Waals surface area contributed by atoms with Crippen LogP contribution < -0.4 is 0 Å². The van der Waals surface area contributed by atoms with E-state index in [1.54, 1.807) is 6.07 Å². The van der Waals surface area contributed by atoms with Gasteiger partial charge in [-0.2, -0.15) is 9.61 Å². The standard InChI is InChI=1S/C5H2Cl2N4/c6-3-1-4-8-2-9-11(4)5(7)10-3/h1-2H. The number of hydrogen-bond acceptors (Lipinski definition) is 3. The van der Waals surface area contributed by atoms with Gasteiger partial charge >= 0.3 is 0 Å². The van der Waals surface area contributed by atoms with E-state index in [1.165, 1.54) is 10.8 Å². The van der Waals surface area contributed by atoms with Crippen LogP contribution in [0, 0.1) is 0 Å². The highest BCUT2D eigenvalue weighted by Gasteiger charge is 2.02. The van der Waals surface area contributed by atoms with Crippen LogP contribution in [0.25, 0.3) is 5.65 Å². The van der Waals surface area contributed by atoms with Gasteiger partial charge in [-0.3, -0.25) is 0 Å². The molecule has 0 saturated carbocycles. The van der Waals surface area contributed by atoms with Gasteiger partial charge in [-0.1, -0.05) is 11.6 Å². The summed E-state index contributed by atoms with van der Waals surface area (Å²) < 4.78 is 1.40. The molecule has 0 aliphatic rings. The zero-order valence-electron chi connectivity index (χ0n) is 5.20. The molecule has 0 fully saturated rings. The van der Waals surface area contributed by atoms with Gasteiger partial charge in [-0.05, 0) is 11.6 Å². The smallest absolute Gasteiger partial charge is 0.215 e. The van der Waals surface area contributed by atoms with Crippen molar-refractivity contribution in [1.29, 1.82) is 0 Å². The first-order valence-corrected chi connectivity index (χ1v) is 3.55. The topological polar surface area (TPSA) is 43.1 Å². The molecule has 0 atom stereocenters. The molecule has 0 bridgehead atoms. The molecule has 2 heterocycles. The third-order valence-electron chi connectivity index (χ3n) is 1.20. The number of aromatic nitrogens is 4. The van der Waals surface area contributed by atoms with Gasteiger partial charge in [0, 0.05) is 6.07 Å². The molecular weight excluding hydrogens is 187 g/mol. The van der Waals surface area contributed by atoms with E-state index in [1.807, 2.05) is 0 Å². The average molecular weight is 189 g/mol. The van der Waals surface area contributed by atoms with Crippen LogP contribution in [-0.4, -0.2) is 19.6 Å². The Bertz CT molecular complexity index is 396. The maximum absolute atomic E-state index is 5.67. The van der Waals surface area contributed by atoms with Crippen LogP contribution >= 0.6 is 23.2 Å². The molecule has 0 unspecified atom stereocenters. The molecule has 2 rings (SSSR count). The summed E-state index contributed by atoms with van der Waals surface area (Å²) in [6, 6.07) is 1.58. The Hall–Kier alpha value is -0.870. The summed E-state index contributed by atoms with van der Waals surface area (Å²) >= 11 is 11.3. The molecule has 0 spiro atoms. The molecule has 11 heavy (non-hydrogen) atoms. The molecule has 4 nitrogen and oxygen atoms in total. The summed E-state index contributed by atoms with van der Waals surface area (Å²) in [5.74, 6) is 0. The molecule has 0 radical (unpaired) electrons. The Morgan fingerprint density at radius 2 is 2.18 bits per heavy atom. The molecule has 0 aromatic carbocycles. The van der Waals surface area contributed by atoms with Crippen molar-refractivity contribution in [2.75, 3.05) is 0 Å². The van der Waals surface area contributed by atoms with Crippen LogP contribution in [0.5, 0.6) is 0 Å². The maximum Gasteiger partial charge on any atom is 0.227 e. The Morgan fingerprint density at radius 1 is 1.36 bits per heavy atom. The molecule has 6 heteroatoms. The van der Waals surface area contributed by atoms with Crippen LogP contribution in [0.15, 0.2) is 12.4 Å². The Kier molecular flexibility index (Phi) is 1.44. The predicted molar refractivity (Wildman–Crippen MR) is 40.8 cm³/mol. The summed E-state index contributed by atoms with van der Waals surface area (Å²) in [4.78, 5) is 7.65.